The van der Waals surface area contributed by atoms with Crippen molar-refractivity contribution < 1.29 is 17.9 Å². The summed E-state index contributed by atoms with van der Waals surface area (Å²) in [5, 5.41) is 0. The van der Waals surface area contributed by atoms with E-state index in [9.17, 15) is 13.2 Å². The first-order chi connectivity index (χ1) is 20.5. The predicted molar refractivity (Wildman–Crippen MR) is 167 cm³/mol. The van der Waals surface area contributed by atoms with Crippen LogP contribution in [0.1, 0.15) is 40.7 Å². The highest BCUT2D eigenvalue weighted by Crippen LogP contribution is 2.42. The third-order valence-electron chi connectivity index (χ3n) is 9.25. The number of hydrogen-bond donors (Lipinski definition) is 0. The van der Waals surface area contributed by atoms with Gasteiger partial charge in [0.05, 0.1) is 28.6 Å². The summed E-state index contributed by atoms with van der Waals surface area (Å²) < 4.78 is 35.9. The molecule has 0 saturated carbocycles. The lowest BCUT2D eigenvalue weighted by Crippen LogP contribution is -2.44. The van der Waals surface area contributed by atoms with Crippen LogP contribution in [0.5, 0.6) is 5.75 Å². The molecule has 2 aromatic carbocycles. The van der Waals surface area contributed by atoms with Gasteiger partial charge in [-0.15, -0.1) is 0 Å². The van der Waals surface area contributed by atoms with E-state index in [2.05, 4.69) is 27.0 Å². The Morgan fingerprint density at radius 2 is 1.65 bits per heavy atom. The minimum absolute atomic E-state index is 0.0497. The molecule has 226 valence electrons. The Morgan fingerprint density at radius 3 is 2.30 bits per heavy atom. The predicted octanol–water partition coefficient (Wildman–Crippen LogP) is 4.55. The molecule has 1 spiro atoms. The van der Waals surface area contributed by atoms with Gasteiger partial charge in [-0.05, 0) is 86.1 Å². The lowest BCUT2D eigenvalue weighted by molar-refractivity contribution is 0.0611. The zero-order valence-electron chi connectivity index (χ0n) is 25.4. The fourth-order valence-corrected chi connectivity index (χ4v) is 8.45. The molecule has 43 heavy (non-hydrogen) atoms. The van der Waals surface area contributed by atoms with Crippen molar-refractivity contribution in [2.45, 2.75) is 38.0 Å². The number of benzene rings is 2. The molecule has 0 unspecified atom stereocenters. The Kier molecular flexibility index (Phi) is 7.32. The van der Waals surface area contributed by atoms with E-state index in [0.717, 1.165) is 32.4 Å². The summed E-state index contributed by atoms with van der Waals surface area (Å²) in [6.07, 6.45) is 6.69. The third-order valence-corrected chi connectivity index (χ3v) is 11.3. The number of piperidine rings is 1. The molecule has 4 aromatic rings. The normalized spacial score (nSPS) is 16.7. The standard InChI is InChI=1S/C32H38N6O4S/c1-22-19-25(42-5)20-23(2)29(22)43(40,41)36(4)31-34-27-8-6-7-26(28(27)35(31)3)30(39)37-16-11-32(12-17-37)13-18-38(21-32)24-9-14-33-15-10-24/h6-10,14-15,19-20H,11-13,16-18,21H2,1-5H3. The SMILES string of the molecule is COc1cc(C)c(S(=O)(=O)N(C)c2nc3cccc(C(=O)N4CCC5(CC4)CCN(c4ccncc4)C5)c3n2C)c(C)c1. The van der Waals surface area contributed by atoms with Crippen LogP contribution >= 0.6 is 0 Å². The number of rotatable bonds is 6. The van der Waals surface area contributed by atoms with Gasteiger partial charge in [-0.2, -0.15) is 0 Å². The van der Waals surface area contributed by atoms with Crippen molar-refractivity contribution in [1.29, 1.82) is 0 Å². The maximum absolute atomic E-state index is 13.9. The third kappa shape index (κ3) is 4.99. The number of nitrogens with zero attached hydrogens (tertiary/aromatic N) is 6. The summed E-state index contributed by atoms with van der Waals surface area (Å²) in [7, 11) is 0.873. The van der Waals surface area contributed by atoms with Gasteiger partial charge in [-0.1, -0.05) is 6.07 Å². The van der Waals surface area contributed by atoms with Gasteiger partial charge in [0.15, 0.2) is 0 Å². The number of aryl methyl sites for hydroxylation is 3. The monoisotopic (exact) mass is 602 g/mol. The average Bonchev–Trinajstić information content (AvgIpc) is 3.57. The van der Waals surface area contributed by atoms with E-state index in [1.165, 1.54) is 17.0 Å². The molecule has 2 aliphatic heterocycles. The van der Waals surface area contributed by atoms with Crippen LogP contribution in [0.4, 0.5) is 11.6 Å². The molecule has 0 N–H and O–H groups in total. The number of hydrogen-bond acceptors (Lipinski definition) is 7. The number of fused-ring (bicyclic) bond motifs is 1. The molecular weight excluding hydrogens is 564 g/mol. The number of sulfonamides is 1. The van der Waals surface area contributed by atoms with Crippen molar-refractivity contribution in [1.82, 2.24) is 19.4 Å². The number of imidazole rings is 1. The van der Waals surface area contributed by atoms with Crippen LogP contribution in [-0.4, -0.2) is 74.1 Å². The zero-order valence-corrected chi connectivity index (χ0v) is 26.2. The highest BCUT2D eigenvalue weighted by molar-refractivity contribution is 7.92. The maximum Gasteiger partial charge on any atom is 0.266 e. The number of amides is 1. The topological polar surface area (TPSA) is 101 Å². The number of methoxy groups -OCH3 is 1. The van der Waals surface area contributed by atoms with Crippen LogP contribution in [0.3, 0.4) is 0 Å². The van der Waals surface area contributed by atoms with E-state index in [0.29, 0.717) is 46.6 Å². The lowest BCUT2D eigenvalue weighted by Gasteiger charge is -2.39. The Morgan fingerprint density at radius 1 is 1.00 bits per heavy atom. The molecule has 0 atom stereocenters. The van der Waals surface area contributed by atoms with Crippen LogP contribution < -0.4 is 13.9 Å². The molecule has 1 amide bonds. The van der Waals surface area contributed by atoms with Crippen molar-refractivity contribution >= 4 is 38.6 Å². The summed E-state index contributed by atoms with van der Waals surface area (Å²) in [5.41, 5.74) is 4.32. The van der Waals surface area contributed by atoms with Crippen LogP contribution in [0.2, 0.25) is 0 Å². The molecule has 2 aromatic heterocycles. The summed E-state index contributed by atoms with van der Waals surface area (Å²) in [4.78, 5) is 27.3. The smallest absolute Gasteiger partial charge is 0.266 e. The summed E-state index contributed by atoms with van der Waals surface area (Å²) in [6.45, 7) is 6.90. The van der Waals surface area contributed by atoms with Gasteiger partial charge in [-0.25, -0.2) is 17.7 Å². The fraction of sp³-hybridized carbons (Fsp3) is 0.406. The number of para-hydroxylation sites is 1. The fourth-order valence-electron chi connectivity index (χ4n) is 6.86. The van der Waals surface area contributed by atoms with Crippen molar-refractivity contribution in [3.8, 4) is 5.75 Å². The molecule has 0 bridgehead atoms. The molecule has 0 radical (unpaired) electrons. The summed E-state index contributed by atoms with van der Waals surface area (Å²) in [5.74, 6) is 0.793. The molecule has 2 saturated heterocycles. The van der Waals surface area contributed by atoms with Crippen LogP contribution in [-0.2, 0) is 17.1 Å². The number of anilines is 2. The molecule has 6 rings (SSSR count). The quantitative estimate of drug-likeness (QED) is 0.319. The van der Waals surface area contributed by atoms with Gasteiger partial charge in [0.25, 0.3) is 15.9 Å². The van der Waals surface area contributed by atoms with Crippen molar-refractivity contribution in [3.63, 3.8) is 0 Å². The van der Waals surface area contributed by atoms with Crippen LogP contribution in [0, 0.1) is 19.3 Å². The van der Waals surface area contributed by atoms with Gasteiger partial charge in [-0.3, -0.25) is 9.78 Å². The van der Waals surface area contributed by atoms with Crippen molar-refractivity contribution in [2.75, 3.05) is 49.5 Å². The first-order valence-electron chi connectivity index (χ1n) is 14.6. The Labute approximate surface area is 252 Å². The van der Waals surface area contributed by atoms with E-state index in [1.54, 1.807) is 44.7 Å². The van der Waals surface area contributed by atoms with Crippen LogP contribution in [0.25, 0.3) is 11.0 Å². The minimum atomic E-state index is -3.95. The first-order valence-corrected chi connectivity index (χ1v) is 16.0. The second-order valence-electron chi connectivity index (χ2n) is 11.9. The van der Waals surface area contributed by atoms with E-state index in [4.69, 9.17) is 4.74 Å². The number of ether oxygens (including phenoxy) is 1. The van der Waals surface area contributed by atoms with Crippen LogP contribution in [0.15, 0.2) is 59.8 Å². The second kappa shape index (κ2) is 10.9. The Balaban J connectivity index is 1.24. The van der Waals surface area contributed by atoms with E-state index < -0.39 is 10.0 Å². The van der Waals surface area contributed by atoms with Crippen molar-refractivity contribution in [3.05, 3.63) is 71.5 Å². The van der Waals surface area contributed by atoms with E-state index in [-0.39, 0.29) is 22.2 Å². The number of carbonyl (C=O) groups is 1. The van der Waals surface area contributed by atoms with Crippen molar-refractivity contribution in [2.24, 2.45) is 12.5 Å². The van der Waals surface area contributed by atoms with Gasteiger partial charge in [0.1, 0.15) is 5.75 Å². The maximum atomic E-state index is 13.9. The van der Waals surface area contributed by atoms with E-state index in [1.807, 2.05) is 35.5 Å². The largest absolute Gasteiger partial charge is 0.497 e. The number of likely N-dealkylation sites (tertiary alicyclic amines) is 1. The van der Waals surface area contributed by atoms with Gasteiger partial charge >= 0.3 is 0 Å². The molecular formula is C32H38N6O4S. The van der Waals surface area contributed by atoms with Gasteiger partial charge in [0, 0.05) is 58.4 Å². The van der Waals surface area contributed by atoms with Gasteiger partial charge < -0.3 is 19.1 Å². The Hall–Kier alpha value is -4.12. The molecule has 2 aliphatic rings. The van der Waals surface area contributed by atoms with E-state index >= 15 is 0 Å². The first kappa shape index (κ1) is 29.0. The number of aromatic nitrogens is 3. The average molecular weight is 603 g/mol. The summed E-state index contributed by atoms with van der Waals surface area (Å²) >= 11 is 0. The second-order valence-corrected chi connectivity index (χ2v) is 13.8. The lowest BCUT2D eigenvalue weighted by atomic mass is 9.77. The highest BCUT2D eigenvalue weighted by Gasteiger charge is 2.42. The molecule has 2 fully saturated rings. The molecule has 4 heterocycles. The molecule has 11 heteroatoms. The molecule has 0 aliphatic carbocycles. The zero-order chi connectivity index (χ0) is 30.5. The molecule has 10 nitrogen and oxygen atoms in total. The van der Waals surface area contributed by atoms with Gasteiger partial charge in [0.2, 0.25) is 5.95 Å². The Bertz CT molecular complexity index is 1770. The number of pyridine rings is 1. The minimum Gasteiger partial charge on any atom is -0.497 e. The summed E-state index contributed by atoms with van der Waals surface area (Å²) in [6, 6.07) is 13.0. The highest BCUT2D eigenvalue weighted by atomic mass is 32.2. The number of carbonyl (C=O) groups excluding carboxylic acids is 1.